The van der Waals surface area contributed by atoms with Crippen molar-refractivity contribution >= 4 is 17.3 Å². The van der Waals surface area contributed by atoms with Gasteiger partial charge < -0.3 is 25.3 Å². The van der Waals surface area contributed by atoms with Gasteiger partial charge in [-0.2, -0.15) is 0 Å². The van der Waals surface area contributed by atoms with E-state index in [0.717, 1.165) is 0 Å². The Kier molecular flexibility index (Phi) is 3.27. The minimum absolute atomic E-state index is 0.0114. The molecule has 0 unspecified atom stereocenters. The third-order valence-corrected chi connectivity index (χ3v) is 3.01. The van der Waals surface area contributed by atoms with Crippen LogP contribution in [0.5, 0.6) is 23.0 Å². The van der Waals surface area contributed by atoms with E-state index < -0.39 is 0 Å². The molecular formula is C15H14N2O4. The molecule has 6 nitrogen and oxygen atoms in total. The van der Waals surface area contributed by atoms with E-state index in [2.05, 4.69) is 5.32 Å². The Hall–Kier alpha value is -2.89. The molecule has 0 saturated carbocycles. The van der Waals surface area contributed by atoms with E-state index in [1.54, 1.807) is 31.4 Å². The number of nitrogens with one attached hydrogen (secondary N) is 1. The highest BCUT2D eigenvalue weighted by molar-refractivity contribution is 5.96. The molecule has 0 bridgehead atoms. The summed E-state index contributed by atoms with van der Waals surface area (Å²) in [6, 6.07) is 10.4. The van der Waals surface area contributed by atoms with E-state index in [4.69, 9.17) is 19.9 Å². The molecule has 0 aliphatic carbocycles. The second kappa shape index (κ2) is 5.24. The van der Waals surface area contributed by atoms with Crippen LogP contribution in [0, 0.1) is 0 Å². The lowest BCUT2D eigenvalue weighted by atomic mass is 10.2. The maximum Gasteiger partial charge on any atom is 0.262 e. The molecule has 0 saturated heterocycles. The summed E-state index contributed by atoms with van der Waals surface area (Å²) < 4.78 is 16.2. The highest BCUT2D eigenvalue weighted by Crippen LogP contribution is 2.38. The maximum atomic E-state index is 11.3. The fraction of sp³-hybridized carbons (Fsp3) is 0.133. The molecule has 1 heterocycles. The summed E-state index contributed by atoms with van der Waals surface area (Å²) in [6.07, 6.45) is 0. The fourth-order valence-electron chi connectivity index (χ4n) is 2.00. The van der Waals surface area contributed by atoms with Crippen LogP contribution in [0.4, 0.5) is 11.4 Å². The summed E-state index contributed by atoms with van der Waals surface area (Å²) in [5.74, 6) is 2.03. The zero-order valence-electron chi connectivity index (χ0n) is 11.4. The molecule has 0 spiro atoms. The third-order valence-electron chi connectivity index (χ3n) is 3.01. The van der Waals surface area contributed by atoms with Crippen molar-refractivity contribution in [2.75, 3.05) is 24.8 Å². The van der Waals surface area contributed by atoms with E-state index in [1.807, 2.05) is 12.1 Å². The summed E-state index contributed by atoms with van der Waals surface area (Å²) in [7, 11) is 1.58. The number of ether oxygens (including phenoxy) is 3. The third kappa shape index (κ3) is 2.69. The number of amides is 1. The van der Waals surface area contributed by atoms with Gasteiger partial charge in [0.1, 0.15) is 17.2 Å². The van der Waals surface area contributed by atoms with Gasteiger partial charge >= 0.3 is 0 Å². The summed E-state index contributed by atoms with van der Waals surface area (Å²) in [5, 5.41) is 2.71. The zero-order chi connectivity index (χ0) is 14.8. The first kappa shape index (κ1) is 13.1. The van der Waals surface area contributed by atoms with E-state index in [-0.39, 0.29) is 12.5 Å². The van der Waals surface area contributed by atoms with Crippen molar-refractivity contribution in [3.8, 4) is 23.0 Å². The quantitative estimate of drug-likeness (QED) is 0.847. The Balaban J connectivity index is 1.91. The number of rotatable bonds is 3. The Morgan fingerprint density at radius 2 is 2.05 bits per heavy atom. The Morgan fingerprint density at radius 1 is 1.24 bits per heavy atom. The van der Waals surface area contributed by atoms with Crippen molar-refractivity contribution in [3.63, 3.8) is 0 Å². The van der Waals surface area contributed by atoms with Gasteiger partial charge in [-0.1, -0.05) is 6.07 Å². The maximum absolute atomic E-state index is 11.3. The smallest absolute Gasteiger partial charge is 0.262 e. The van der Waals surface area contributed by atoms with Gasteiger partial charge in [0.25, 0.3) is 5.91 Å². The van der Waals surface area contributed by atoms with Gasteiger partial charge in [0.15, 0.2) is 12.4 Å². The van der Waals surface area contributed by atoms with Crippen LogP contribution in [-0.2, 0) is 4.79 Å². The number of methoxy groups -OCH3 is 1. The minimum atomic E-state index is -0.209. The van der Waals surface area contributed by atoms with Crippen LogP contribution in [0.1, 0.15) is 0 Å². The van der Waals surface area contributed by atoms with Crippen LogP contribution in [0.2, 0.25) is 0 Å². The van der Waals surface area contributed by atoms with Crippen molar-refractivity contribution in [2.45, 2.75) is 0 Å². The number of hydrogen-bond donors (Lipinski definition) is 2. The molecule has 2 aromatic carbocycles. The monoisotopic (exact) mass is 286 g/mol. The Morgan fingerprint density at radius 3 is 2.86 bits per heavy atom. The van der Waals surface area contributed by atoms with Crippen LogP contribution in [0.25, 0.3) is 0 Å². The largest absolute Gasteiger partial charge is 0.497 e. The molecule has 21 heavy (non-hydrogen) atoms. The summed E-state index contributed by atoms with van der Waals surface area (Å²) in [4.78, 5) is 11.3. The molecule has 3 N–H and O–H groups in total. The molecule has 6 heteroatoms. The lowest BCUT2D eigenvalue weighted by molar-refractivity contribution is -0.118. The molecule has 3 rings (SSSR count). The first-order valence-electron chi connectivity index (χ1n) is 6.34. The summed E-state index contributed by atoms with van der Waals surface area (Å²) in [5.41, 5.74) is 6.91. The highest BCUT2D eigenvalue weighted by atomic mass is 16.5. The van der Waals surface area contributed by atoms with Crippen LogP contribution >= 0.6 is 0 Å². The zero-order valence-corrected chi connectivity index (χ0v) is 11.4. The molecule has 108 valence electrons. The van der Waals surface area contributed by atoms with Gasteiger partial charge in [-0.25, -0.2) is 0 Å². The second-order valence-electron chi connectivity index (χ2n) is 4.50. The number of nitrogen functional groups attached to an aromatic ring is 1. The molecule has 0 radical (unpaired) electrons. The number of anilines is 2. The number of carbonyl (C=O) groups excluding carboxylic acids is 1. The van der Waals surface area contributed by atoms with Gasteiger partial charge in [0.2, 0.25) is 0 Å². The van der Waals surface area contributed by atoms with Gasteiger partial charge in [-0.15, -0.1) is 0 Å². The number of fused-ring (bicyclic) bond motifs is 1. The van der Waals surface area contributed by atoms with Crippen LogP contribution in [0.15, 0.2) is 36.4 Å². The van der Waals surface area contributed by atoms with Crippen LogP contribution in [-0.4, -0.2) is 19.6 Å². The standard InChI is InChI=1S/C15H14N2O4/c1-19-9-3-2-4-10(5-9)21-13-7-12-14(6-11(13)16)20-8-15(18)17-12/h2-7H,8,16H2,1H3,(H,17,18). The van der Waals surface area contributed by atoms with Crippen LogP contribution in [0.3, 0.4) is 0 Å². The van der Waals surface area contributed by atoms with Gasteiger partial charge in [-0.05, 0) is 12.1 Å². The first-order chi connectivity index (χ1) is 10.2. The molecule has 1 aliphatic heterocycles. The average molecular weight is 286 g/mol. The van der Waals surface area contributed by atoms with Crippen molar-refractivity contribution in [3.05, 3.63) is 36.4 Å². The van der Waals surface area contributed by atoms with Gasteiger partial charge in [0.05, 0.1) is 18.5 Å². The number of hydrogen-bond acceptors (Lipinski definition) is 5. The summed E-state index contributed by atoms with van der Waals surface area (Å²) in [6.45, 7) is -0.0114. The van der Waals surface area contributed by atoms with E-state index in [9.17, 15) is 4.79 Å². The lowest BCUT2D eigenvalue weighted by Gasteiger charge is -2.20. The fourth-order valence-corrected chi connectivity index (χ4v) is 2.00. The molecule has 0 fully saturated rings. The molecule has 0 atom stereocenters. The van der Waals surface area contributed by atoms with Crippen molar-refractivity contribution in [2.24, 2.45) is 0 Å². The normalized spacial score (nSPS) is 12.9. The molecule has 0 aromatic heterocycles. The minimum Gasteiger partial charge on any atom is -0.497 e. The number of nitrogens with two attached hydrogens (primary N) is 1. The highest BCUT2D eigenvalue weighted by Gasteiger charge is 2.18. The summed E-state index contributed by atoms with van der Waals surface area (Å²) >= 11 is 0. The van der Waals surface area contributed by atoms with Crippen molar-refractivity contribution < 1.29 is 19.0 Å². The molecule has 1 aliphatic rings. The second-order valence-corrected chi connectivity index (χ2v) is 4.50. The number of benzene rings is 2. The number of carbonyl (C=O) groups is 1. The SMILES string of the molecule is COc1cccc(Oc2cc3c(cc2N)OCC(=O)N3)c1. The molecule has 1 amide bonds. The first-order valence-corrected chi connectivity index (χ1v) is 6.34. The van der Waals surface area contributed by atoms with Crippen molar-refractivity contribution in [1.29, 1.82) is 0 Å². The van der Waals surface area contributed by atoms with E-state index >= 15 is 0 Å². The predicted octanol–water partition coefficient (Wildman–Crippen LogP) is 2.40. The van der Waals surface area contributed by atoms with E-state index in [1.165, 1.54) is 0 Å². The molecule has 2 aromatic rings. The van der Waals surface area contributed by atoms with E-state index in [0.29, 0.717) is 34.4 Å². The van der Waals surface area contributed by atoms with Crippen molar-refractivity contribution in [1.82, 2.24) is 0 Å². The Bertz CT molecular complexity index is 700. The Labute approximate surface area is 121 Å². The molecular weight excluding hydrogens is 272 g/mol. The van der Waals surface area contributed by atoms with Gasteiger partial charge in [-0.3, -0.25) is 4.79 Å². The lowest BCUT2D eigenvalue weighted by Crippen LogP contribution is -2.25. The predicted molar refractivity (Wildman–Crippen MR) is 78.0 cm³/mol. The van der Waals surface area contributed by atoms with Gasteiger partial charge in [0, 0.05) is 18.2 Å². The topological polar surface area (TPSA) is 82.8 Å². The average Bonchev–Trinajstić information content (AvgIpc) is 2.49. The van der Waals surface area contributed by atoms with Crippen LogP contribution < -0.4 is 25.3 Å².